The van der Waals surface area contributed by atoms with E-state index in [1.54, 1.807) is 0 Å². The Morgan fingerprint density at radius 2 is 2.12 bits per heavy atom. The van der Waals surface area contributed by atoms with Gasteiger partial charge in [0, 0.05) is 18.5 Å². The van der Waals surface area contributed by atoms with E-state index in [0.29, 0.717) is 11.9 Å². The van der Waals surface area contributed by atoms with Crippen molar-refractivity contribution in [2.75, 3.05) is 20.1 Å². The lowest BCUT2D eigenvalue weighted by Gasteiger charge is -2.37. The van der Waals surface area contributed by atoms with Crippen molar-refractivity contribution in [3.63, 3.8) is 0 Å². The maximum Gasteiger partial charge on any atom is 0.226 e. The van der Waals surface area contributed by atoms with Gasteiger partial charge in [-0.15, -0.1) is 0 Å². The summed E-state index contributed by atoms with van der Waals surface area (Å²) in [6, 6.07) is 0.476. The predicted molar refractivity (Wildman–Crippen MR) is 69.8 cm³/mol. The lowest BCUT2D eigenvalue weighted by Crippen LogP contribution is -2.47. The molecule has 0 bridgehead atoms. The van der Waals surface area contributed by atoms with Crippen LogP contribution in [0.15, 0.2) is 12.2 Å². The van der Waals surface area contributed by atoms with Crippen LogP contribution in [0.2, 0.25) is 0 Å². The number of hydrogen-bond acceptors (Lipinski definition) is 2. The second-order valence-corrected chi connectivity index (χ2v) is 5.21. The first-order chi connectivity index (χ1) is 8.33. The van der Waals surface area contributed by atoms with Crippen molar-refractivity contribution in [3.05, 3.63) is 12.2 Å². The summed E-state index contributed by atoms with van der Waals surface area (Å²) in [4.78, 5) is 14.6. The van der Waals surface area contributed by atoms with Crippen LogP contribution in [0, 0.1) is 5.92 Å². The highest BCUT2D eigenvalue weighted by molar-refractivity contribution is 5.80. The molecule has 17 heavy (non-hydrogen) atoms. The number of piperidine rings is 1. The second-order valence-electron chi connectivity index (χ2n) is 5.21. The molecule has 1 fully saturated rings. The molecule has 1 unspecified atom stereocenters. The lowest BCUT2D eigenvalue weighted by molar-refractivity contribution is -0.139. The Bertz CT molecular complexity index is 280. The van der Waals surface area contributed by atoms with E-state index in [9.17, 15) is 4.79 Å². The molecule has 0 spiro atoms. The first kappa shape index (κ1) is 12.6. The van der Waals surface area contributed by atoms with Gasteiger partial charge in [0.2, 0.25) is 5.91 Å². The van der Waals surface area contributed by atoms with Gasteiger partial charge in [-0.1, -0.05) is 12.2 Å². The summed E-state index contributed by atoms with van der Waals surface area (Å²) >= 11 is 0. The van der Waals surface area contributed by atoms with Crippen LogP contribution in [0.1, 0.15) is 38.5 Å². The Kier molecular flexibility index (Phi) is 4.60. The minimum absolute atomic E-state index is 0.241. The normalized spacial score (nSPS) is 25.5. The highest BCUT2D eigenvalue weighted by atomic mass is 16.2. The molecule has 1 N–H and O–H groups in total. The van der Waals surface area contributed by atoms with E-state index in [2.05, 4.69) is 22.4 Å². The average molecular weight is 236 g/mol. The van der Waals surface area contributed by atoms with E-state index in [1.165, 1.54) is 19.3 Å². The number of nitrogens with one attached hydrogen (secondary N) is 1. The topological polar surface area (TPSA) is 32.3 Å². The highest BCUT2D eigenvalue weighted by Crippen LogP contribution is 2.26. The Hall–Kier alpha value is -0.830. The Labute approximate surface area is 104 Å². The van der Waals surface area contributed by atoms with Crippen LogP contribution >= 0.6 is 0 Å². The van der Waals surface area contributed by atoms with E-state index in [4.69, 9.17) is 0 Å². The molecule has 1 atom stereocenters. The van der Waals surface area contributed by atoms with Crippen molar-refractivity contribution in [1.29, 1.82) is 0 Å². The standard InChI is InChI=1S/C14H24N2O/c1-15-10-9-13-8-4-5-11-16(13)14(17)12-6-2-3-7-12/h2-3,12-13,15H,4-11H2,1H3. The van der Waals surface area contributed by atoms with Crippen LogP contribution in [-0.4, -0.2) is 37.0 Å². The van der Waals surface area contributed by atoms with Gasteiger partial charge in [-0.05, 0) is 52.1 Å². The van der Waals surface area contributed by atoms with Gasteiger partial charge >= 0.3 is 0 Å². The smallest absolute Gasteiger partial charge is 0.226 e. The van der Waals surface area contributed by atoms with Gasteiger partial charge in [-0.25, -0.2) is 0 Å². The first-order valence-electron chi connectivity index (χ1n) is 6.93. The van der Waals surface area contributed by atoms with Crippen LogP contribution in [0.5, 0.6) is 0 Å². The zero-order chi connectivity index (χ0) is 12.1. The van der Waals surface area contributed by atoms with Crippen LogP contribution in [-0.2, 0) is 4.79 Å². The summed E-state index contributed by atoms with van der Waals surface area (Å²) in [6.45, 7) is 1.99. The number of rotatable bonds is 4. The first-order valence-corrected chi connectivity index (χ1v) is 6.93. The Balaban J connectivity index is 1.92. The van der Waals surface area contributed by atoms with Crippen LogP contribution in [0.3, 0.4) is 0 Å². The van der Waals surface area contributed by atoms with Crippen LogP contribution in [0.25, 0.3) is 0 Å². The number of allylic oxidation sites excluding steroid dienone is 2. The SMILES string of the molecule is CNCCC1CCCCN1C(=O)C1CC=CC1. The zero-order valence-corrected chi connectivity index (χ0v) is 10.8. The van der Waals surface area contributed by atoms with Crippen molar-refractivity contribution in [3.8, 4) is 0 Å². The minimum Gasteiger partial charge on any atom is -0.339 e. The summed E-state index contributed by atoms with van der Waals surface area (Å²) in [5.74, 6) is 0.640. The second kappa shape index (κ2) is 6.20. The average Bonchev–Trinajstić information content (AvgIpc) is 2.89. The molecule has 2 rings (SSSR count). The van der Waals surface area contributed by atoms with E-state index in [1.807, 2.05) is 7.05 Å². The zero-order valence-electron chi connectivity index (χ0n) is 10.8. The fraction of sp³-hybridized carbons (Fsp3) is 0.786. The maximum absolute atomic E-state index is 12.4. The quantitative estimate of drug-likeness (QED) is 0.757. The molecule has 1 heterocycles. The van der Waals surface area contributed by atoms with E-state index < -0.39 is 0 Å². The van der Waals surface area contributed by atoms with Crippen molar-refractivity contribution >= 4 is 5.91 Å². The van der Waals surface area contributed by atoms with Gasteiger partial charge in [0.15, 0.2) is 0 Å². The van der Waals surface area contributed by atoms with Crippen molar-refractivity contribution < 1.29 is 4.79 Å². The van der Waals surface area contributed by atoms with Gasteiger partial charge in [0.25, 0.3) is 0 Å². The molecule has 2 aliphatic rings. The van der Waals surface area contributed by atoms with Gasteiger partial charge in [-0.3, -0.25) is 4.79 Å². The molecule has 0 radical (unpaired) electrons. The summed E-state index contributed by atoms with van der Waals surface area (Å²) < 4.78 is 0. The number of carbonyl (C=O) groups excluding carboxylic acids is 1. The number of hydrogen-bond donors (Lipinski definition) is 1. The Morgan fingerprint density at radius 3 is 2.82 bits per heavy atom. The molecule has 0 aromatic heterocycles. The largest absolute Gasteiger partial charge is 0.339 e. The third-order valence-corrected chi connectivity index (χ3v) is 3.99. The molecule has 3 heteroatoms. The van der Waals surface area contributed by atoms with Crippen LogP contribution < -0.4 is 5.32 Å². The Morgan fingerprint density at radius 1 is 1.35 bits per heavy atom. The molecule has 96 valence electrons. The fourth-order valence-corrected chi connectivity index (χ4v) is 2.96. The van der Waals surface area contributed by atoms with Gasteiger partial charge in [0.05, 0.1) is 0 Å². The molecule has 1 saturated heterocycles. The maximum atomic E-state index is 12.4. The monoisotopic (exact) mass is 236 g/mol. The van der Waals surface area contributed by atoms with Crippen LogP contribution in [0.4, 0.5) is 0 Å². The van der Waals surface area contributed by atoms with Crippen molar-refractivity contribution in [1.82, 2.24) is 10.2 Å². The van der Waals surface area contributed by atoms with Crippen molar-refractivity contribution in [2.24, 2.45) is 5.92 Å². The number of likely N-dealkylation sites (tertiary alicyclic amines) is 1. The van der Waals surface area contributed by atoms with E-state index in [-0.39, 0.29) is 5.92 Å². The molecule has 1 aliphatic heterocycles. The molecule has 0 saturated carbocycles. The predicted octanol–water partition coefficient (Wildman–Crippen LogP) is 1.94. The summed E-state index contributed by atoms with van der Waals surface area (Å²) in [5, 5.41) is 3.19. The third-order valence-electron chi connectivity index (χ3n) is 3.99. The molecule has 0 aromatic rings. The third kappa shape index (κ3) is 3.09. The minimum atomic E-state index is 0.241. The number of amides is 1. The number of nitrogens with zero attached hydrogens (tertiary/aromatic N) is 1. The van der Waals surface area contributed by atoms with Crippen molar-refractivity contribution in [2.45, 2.75) is 44.6 Å². The molecule has 1 aliphatic carbocycles. The summed E-state index contributed by atoms with van der Waals surface area (Å²) in [6.07, 6.45) is 10.9. The molecular formula is C14H24N2O. The summed E-state index contributed by atoms with van der Waals surface area (Å²) in [5.41, 5.74) is 0. The highest BCUT2D eigenvalue weighted by Gasteiger charge is 2.31. The van der Waals surface area contributed by atoms with E-state index in [0.717, 1.165) is 32.4 Å². The van der Waals surface area contributed by atoms with E-state index >= 15 is 0 Å². The van der Waals surface area contributed by atoms with Gasteiger partial charge in [-0.2, -0.15) is 0 Å². The molecular weight excluding hydrogens is 212 g/mol. The molecule has 3 nitrogen and oxygen atoms in total. The van der Waals surface area contributed by atoms with Gasteiger partial charge in [0.1, 0.15) is 0 Å². The number of carbonyl (C=O) groups is 1. The lowest BCUT2D eigenvalue weighted by atomic mass is 9.96. The molecule has 1 amide bonds. The van der Waals surface area contributed by atoms with Gasteiger partial charge < -0.3 is 10.2 Å². The summed E-state index contributed by atoms with van der Waals surface area (Å²) in [7, 11) is 1.98. The molecule has 0 aromatic carbocycles. The fourth-order valence-electron chi connectivity index (χ4n) is 2.96.